The Labute approximate surface area is 113 Å². The Morgan fingerprint density at radius 3 is 2.68 bits per heavy atom. The molecule has 9 heteroatoms. The summed E-state index contributed by atoms with van der Waals surface area (Å²) in [5.74, 6) is -0.392. The molecule has 0 aliphatic rings. The first kappa shape index (κ1) is 13.5. The fourth-order valence-corrected chi connectivity index (χ4v) is 2.32. The van der Waals surface area contributed by atoms with Crippen LogP contribution >= 0.6 is 11.5 Å². The highest BCUT2D eigenvalue weighted by Gasteiger charge is 2.36. The van der Waals surface area contributed by atoms with Gasteiger partial charge in [0.1, 0.15) is 5.69 Å². The Bertz CT molecular complexity index is 548. The largest absolute Gasteiger partial charge is 0.481 e. The molecular weight excluding hydrogens is 268 g/mol. The fourth-order valence-electron chi connectivity index (χ4n) is 1.89. The lowest BCUT2D eigenvalue weighted by Crippen LogP contribution is -2.35. The SMILES string of the molecule is CCC(CC)(Cn1nnnc1-c1csnn1)C(=O)O. The normalized spacial score (nSPS) is 11.7. The van der Waals surface area contributed by atoms with Crippen molar-refractivity contribution in [3.63, 3.8) is 0 Å². The molecule has 2 aromatic heterocycles. The maximum absolute atomic E-state index is 11.5. The second-order valence-corrected chi connectivity index (χ2v) is 4.85. The minimum atomic E-state index is -0.867. The molecule has 0 bridgehead atoms. The van der Waals surface area contributed by atoms with Crippen molar-refractivity contribution in [3.05, 3.63) is 5.38 Å². The van der Waals surface area contributed by atoms with Crippen molar-refractivity contribution in [3.8, 4) is 11.5 Å². The van der Waals surface area contributed by atoms with Gasteiger partial charge in [0.05, 0.1) is 12.0 Å². The Morgan fingerprint density at radius 1 is 1.42 bits per heavy atom. The van der Waals surface area contributed by atoms with Gasteiger partial charge in [-0.2, -0.15) is 0 Å². The van der Waals surface area contributed by atoms with Gasteiger partial charge in [0.25, 0.3) is 0 Å². The van der Waals surface area contributed by atoms with Crippen molar-refractivity contribution in [2.45, 2.75) is 33.2 Å². The molecule has 19 heavy (non-hydrogen) atoms. The summed E-state index contributed by atoms with van der Waals surface area (Å²) in [7, 11) is 0. The van der Waals surface area contributed by atoms with Crippen molar-refractivity contribution in [1.29, 1.82) is 0 Å². The molecule has 0 aliphatic carbocycles. The van der Waals surface area contributed by atoms with Gasteiger partial charge in [-0.05, 0) is 34.8 Å². The van der Waals surface area contributed by atoms with E-state index < -0.39 is 11.4 Å². The number of carboxylic acids is 1. The van der Waals surface area contributed by atoms with Gasteiger partial charge >= 0.3 is 5.97 Å². The van der Waals surface area contributed by atoms with E-state index in [1.165, 1.54) is 16.2 Å². The van der Waals surface area contributed by atoms with Gasteiger partial charge in [0.15, 0.2) is 0 Å². The highest BCUT2D eigenvalue weighted by atomic mass is 32.1. The molecule has 8 nitrogen and oxygen atoms in total. The molecule has 2 aromatic rings. The molecule has 0 spiro atoms. The van der Waals surface area contributed by atoms with Gasteiger partial charge in [-0.3, -0.25) is 4.79 Å². The highest BCUT2D eigenvalue weighted by molar-refractivity contribution is 7.03. The van der Waals surface area contributed by atoms with E-state index in [0.717, 1.165) is 0 Å². The summed E-state index contributed by atoms with van der Waals surface area (Å²) in [6, 6.07) is 0. The Morgan fingerprint density at radius 2 is 2.16 bits per heavy atom. The zero-order valence-electron chi connectivity index (χ0n) is 10.6. The number of tetrazole rings is 1. The van der Waals surface area contributed by atoms with Crippen molar-refractivity contribution in [2.75, 3.05) is 0 Å². The lowest BCUT2D eigenvalue weighted by Gasteiger charge is -2.26. The maximum atomic E-state index is 11.5. The van der Waals surface area contributed by atoms with Crippen molar-refractivity contribution in [2.24, 2.45) is 5.41 Å². The van der Waals surface area contributed by atoms with E-state index in [-0.39, 0.29) is 6.54 Å². The zero-order chi connectivity index (χ0) is 13.9. The van der Waals surface area contributed by atoms with Crippen LogP contribution in [0.1, 0.15) is 26.7 Å². The monoisotopic (exact) mass is 282 g/mol. The van der Waals surface area contributed by atoms with Crippen molar-refractivity contribution in [1.82, 2.24) is 29.8 Å². The topological polar surface area (TPSA) is 107 Å². The summed E-state index contributed by atoms with van der Waals surface area (Å²) in [4.78, 5) is 11.5. The third-order valence-electron chi connectivity index (χ3n) is 3.38. The van der Waals surface area contributed by atoms with E-state index >= 15 is 0 Å². The molecule has 0 saturated carbocycles. The van der Waals surface area contributed by atoms with Crippen molar-refractivity contribution >= 4 is 17.5 Å². The van der Waals surface area contributed by atoms with Crippen LogP contribution in [0.25, 0.3) is 11.5 Å². The third-order valence-corrected chi connectivity index (χ3v) is 3.89. The quantitative estimate of drug-likeness (QED) is 0.844. The van der Waals surface area contributed by atoms with Gasteiger partial charge in [-0.15, -0.1) is 10.2 Å². The molecule has 0 aromatic carbocycles. The van der Waals surface area contributed by atoms with Crippen LogP contribution < -0.4 is 0 Å². The van der Waals surface area contributed by atoms with E-state index in [4.69, 9.17) is 0 Å². The van der Waals surface area contributed by atoms with Crippen LogP contribution in [0.2, 0.25) is 0 Å². The van der Waals surface area contributed by atoms with Crippen LogP contribution in [-0.4, -0.2) is 40.9 Å². The summed E-state index contributed by atoms with van der Waals surface area (Å²) < 4.78 is 5.24. The maximum Gasteiger partial charge on any atom is 0.311 e. The van der Waals surface area contributed by atoms with Crippen LogP contribution in [0.4, 0.5) is 0 Å². The second kappa shape index (κ2) is 5.39. The van der Waals surface area contributed by atoms with Crippen LogP contribution in [0.15, 0.2) is 5.38 Å². The highest BCUT2D eigenvalue weighted by Crippen LogP contribution is 2.30. The lowest BCUT2D eigenvalue weighted by atomic mass is 9.82. The molecule has 0 unspecified atom stereocenters. The summed E-state index contributed by atoms with van der Waals surface area (Å²) in [5.41, 5.74) is -0.311. The molecule has 0 radical (unpaired) electrons. The molecule has 0 fully saturated rings. The lowest BCUT2D eigenvalue weighted by molar-refractivity contribution is -0.150. The standard InChI is InChI=1S/C10H14N6O2S/c1-3-10(4-2,9(17)18)6-16-8(12-13-14-16)7-5-19-15-11-7/h5H,3-4,6H2,1-2H3,(H,17,18). The Balaban J connectivity index is 2.34. The summed E-state index contributed by atoms with van der Waals surface area (Å²) in [5, 5.41) is 26.4. The number of hydrogen-bond donors (Lipinski definition) is 1. The van der Waals surface area contributed by atoms with Crippen LogP contribution in [0.5, 0.6) is 0 Å². The number of carboxylic acid groups (broad SMARTS) is 1. The summed E-state index contributed by atoms with van der Waals surface area (Å²) in [6.07, 6.45) is 1.01. The number of hydrogen-bond acceptors (Lipinski definition) is 7. The third kappa shape index (κ3) is 2.46. The number of nitrogens with zero attached hydrogens (tertiary/aromatic N) is 6. The predicted molar refractivity (Wildman–Crippen MR) is 67.4 cm³/mol. The molecular formula is C10H14N6O2S. The molecule has 0 aliphatic heterocycles. The first-order valence-corrected chi connectivity index (χ1v) is 6.73. The van der Waals surface area contributed by atoms with Crippen LogP contribution in [0, 0.1) is 5.41 Å². The van der Waals surface area contributed by atoms with Crippen molar-refractivity contribution < 1.29 is 9.90 Å². The first-order chi connectivity index (χ1) is 9.13. The summed E-state index contributed by atoms with van der Waals surface area (Å²) >= 11 is 1.20. The molecule has 102 valence electrons. The molecule has 0 atom stereocenters. The van der Waals surface area contributed by atoms with Gasteiger partial charge in [0, 0.05) is 5.38 Å². The molecule has 0 amide bonds. The van der Waals surface area contributed by atoms with Gasteiger partial charge in [-0.25, -0.2) is 4.68 Å². The number of aromatic nitrogens is 6. The number of carbonyl (C=O) groups is 1. The first-order valence-electron chi connectivity index (χ1n) is 5.90. The minimum absolute atomic E-state index is 0.217. The number of aliphatic carboxylic acids is 1. The molecule has 1 N–H and O–H groups in total. The molecule has 0 saturated heterocycles. The predicted octanol–water partition coefficient (Wildman–Crippen LogP) is 1.08. The molecule has 2 rings (SSSR count). The fraction of sp³-hybridized carbons (Fsp3) is 0.600. The molecule has 2 heterocycles. The van der Waals surface area contributed by atoms with Crippen LogP contribution in [-0.2, 0) is 11.3 Å². The van der Waals surface area contributed by atoms with E-state index in [9.17, 15) is 9.90 Å². The van der Waals surface area contributed by atoms with Gasteiger partial charge < -0.3 is 5.11 Å². The zero-order valence-corrected chi connectivity index (χ0v) is 11.5. The van der Waals surface area contributed by atoms with Gasteiger partial charge in [0.2, 0.25) is 5.82 Å². The van der Waals surface area contributed by atoms with E-state index in [2.05, 4.69) is 25.1 Å². The van der Waals surface area contributed by atoms with E-state index in [0.29, 0.717) is 24.4 Å². The van der Waals surface area contributed by atoms with Crippen LogP contribution in [0.3, 0.4) is 0 Å². The minimum Gasteiger partial charge on any atom is -0.481 e. The second-order valence-electron chi connectivity index (χ2n) is 4.24. The average molecular weight is 282 g/mol. The number of rotatable bonds is 6. The summed E-state index contributed by atoms with van der Waals surface area (Å²) in [6.45, 7) is 3.92. The van der Waals surface area contributed by atoms with E-state index in [1.807, 2.05) is 13.8 Å². The smallest absolute Gasteiger partial charge is 0.311 e. The average Bonchev–Trinajstić information content (AvgIpc) is 3.06. The van der Waals surface area contributed by atoms with Gasteiger partial charge in [-0.1, -0.05) is 18.3 Å². The Hall–Kier alpha value is -1.90. The Kier molecular flexibility index (Phi) is 3.84. The van der Waals surface area contributed by atoms with E-state index in [1.54, 1.807) is 5.38 Å².